The molecule has 60 valence electrons. The zero-order valence-corrected chi connectivity index (χ0v) is 7.46. The van der Waals surface area contributed by atoms with Crippen LogP contribution in [-0.2, 0) is 5.54 Å². The van der Waals surface area contributed by atoms with Gasteiger partial charge in [-0.05, 0) is 39.0 Å². The standard InChI is InChI=1S/C10H15N/c1-5-9-7-6-8-11(9)10(2,3)4/h5-8H,1H2,2-4H3. The second-order valence-corrected chi connectivity index (χ2v) is 3.68. The molecule has 1 nitrogen and oxygen atoms in total. The van der Waals surface area contributed by atoms with Crippen LogP contribution in [0.4, 0.5) is 0 Å². The van der Waals surface area contributed by atoms with Crippen LogP contribution in [0.15, 0.2) is 24.9 Å². The van der Waals surface area contributed by atoms with E-state index in [0.717, 1.165) is 0 Å². The van der Waals surface area contributed by atoms with E-state index in [4.69, 9.17) is 0 Å². The quantitative estimate of drug-likeness (QED) is 0.578. The summed E-state index contributed by atoms with van der Waals surface area (Å²) in [6.45, 7) is 10.3. The second kappa shape index (κ2) is 2.57. The van der Waals surface area contributed by atoms with Gasteiger partial charge in [-0.2, -0.15) is 0 Å². The topological polar surface area (TPSA) is 4.93 Å². The molecular weight excluding hydrogens is 134 g/mol. The van der Waals surface area contributed by atoms with Gasteiger partial charge < -0.3 is 4.57 Å². The third-order valence-corrected chi connectivity index (χ3v) is 1.71. The number of hydrogen-bond acceptors (Lipinski definition) is 0. The summed E-state index contributed by atoms with van der Waals surface area (Å²) in [7, 11) is 0. The minimum absolute atomic E-state index is 0.160. The summed E-state index contributed by atoms with van der Waals surface area (Å²) in [4.78, 5) is 0. The average molecular weight is 149 g/mol. The molecule has 0 fully saturated rings. The molecule has 1 rings (SSSR count). The van der Waals surface area contributed by atoms with Crippen molar-refractivity contribution in [1.29, 1.82) is 0 Å². The molecule has 0 saturated heterocycles. The fourth-order valence-electron chi connectivity index (χ4n) is 1.17. The highest BCUT2D eigenvalue weighted by atomic mass is 15.0. The zero-order chi connectivity index (χ0) is 8.48. The van der Waals surface area contributed by atoms with Crippen molar-refractivity contribution in [3.8, 4) is 0 Å². The summed E-state index contributed by atoms with van der Waals surface area (Å²) < 4.78 is 2.21. The summed E-state index contributed by atoms with van der Waals surface area (Å²) in [6.07, 6.45) is 3.96. The Labute approximate surface area is 68.4 Å². The molecule has 0 aliphatic rings. The van der Waals surface area contributed by atoms with Crippen LogP contribution in [0.5, 0.6) is 0 Å². The van der Waals surface area contributed by atoms with Crippen molar-refractivity contribution in [1.82, 2.24) is 4.57 Å². The minimum Gasteiger partial charge on any atom is -0.343 e. The molecule has 1 heterocycles. The van der Waals surface area contributed by atoms with Gasteiger partial charge in [-0.1, -0.05) is 6.58 Å². The van der Waals surface area contributed by atoms with Crippen molar-refractivity contribution >= 4 is 6.08 Å². The van der Waals surface area contributed by atoms with E-state index >= 15 is 0 Å². The Morgan fingerprint density at radius 1 is 1.45 bits per heavy atom. The Kier molecular flexibility index (Phi) is 1.90. The van der Waals surface area contributed by atoms with Crippen molar-refractivity contribution in [3.05, 3.63) is 30.6 Å². The zero-order valence-electron chi connectivity index (χ0n) is 7.46. The van der Waals surface area contributed by atoms with E-state index in [9.17, 15) is 0 Å². The van der Waals surface area contributed by atoms with Crippen molar-refractivity contribution in [3.63, 3.8) is 0 Å². The van der Waals surface area contributed by atoms with Crippen LogP contribution in [-0.4, -0.2) is 4.57 Å². The van der Waals surface area contributed by atoms with Gasteiger partial charge in [-0.25, -0.2) is 0 Å². The summed E-state index contributed by atoms with van der Waals surface area (Å²) in [5.74, 6) is 0. The molecule has 0 amide bonds. The summed E-state index contributed by atoms with van der Waals surface area (Å²) >= 11 is 0. The number of aromatic nitrogens is 1. The first-order chi connectivity index (χ1) is 5.05. The van der Waals surface area contributed by atoms with Crippen molar-refractivity contribution in [2.75, 3.05) is 0 Å². The molecule has 1 aromatic heterocycles. The lowest BCUT2D eigenvalue weighted by atomic mass is 10.1. The summed E-state index contributed by atoms with van der Waals surface area (Å²) in [5, 5.41) is 0. The van der Waals surface area contributed by atoms with Crippen LogP contribution in [0.25, 0.3) is 6.08 Å². The number of hydrogen-bond donors (Lipinski definition) is 0. The maximum Gasteiger partial charge on any atom is 0.0405 e. The third-order valence-electron chi connectivity index (χ3n) is 1.71. The predicted molar refractivity (Wildman–Crippen MR) is 49.5 cm³/mol. The third kappa shape index (κ3) is 1.53. The van der Waals surface area contributed by atoms with Gasteiger partial charge in [0, 0.05) is 17.4 Å². The van der Waals surface area contributed by atoms with Gasteiger partial charge in [0.1, 0.15) is 0 Å². The van der Waals surface area contributed by atoms with E-state index < -0.39 is 0 Å². The van der Waals surface area contributed by atoms with Gasteiger partial charge in [-0.3, -0.25) is 0 Å². The van der Waals surface area contributed by atoms with E-state index in [1.54, 1.807) is 0 Å². The average Bonchev–Trinajstić information content (AvgIpc) is 2.31. The molecule has 0 bridgehead atoms. The maximum absolute atomic E-state index is 3.76. The van der Waals surface area contributed by atoms with Gasteiger partial charge in [0.15, 0.2) is 0 Å². The summed E-state index contributed by atoms with van der Waals surface area (Å²) in [5.41, 5.74) is 1.34. The SMILES string of the molecule is C=Cc1cccn1C(C)(C)C. The van der Waals surface area contributed by atoms with Crippen LogP contribution in [0.1, 0.15) is 26.5 Å². The monoisotopic (exact) mass is 149 g/mol. The van der Waals surface area contributed by atoms with Crippen LogP contribution in [0, 0.1) is 0 Å². The second-order valence-electron chi connectivity index (χ2n) is 3.68. The van der Waals surface area contributed by atoms with E-state index in [2.05, 4.69) is 44.2 Å². The molecule has 0 aliphatic heterocycles. The van der Waals surface area contributed by atoms with Crippen LogP contribution in [0.2, 0.25) is 0 Å². The Balaban J connectivity index is 3.12. The molecule has 1 heteroatoms. The highest BCUT2D eigenvalue weighted by Gasteiger charge is 2.13. The number of nitrogens with zero attached hydrogens (tertiary/aromatic N) is 1. The molecule has 11 heavy (non-hydrogen) atoms. The Morgan fingerprint density at radius 3 is 2.45 bits per heavy atom. The first-order valence-electron chi connectivity index (χ1n) is 3.86. The Hall–Kier alpha value is -0.980. The normalized spacial score (nSPS) is 11.5. The van der Waals surface area contributed by atoms with Crippen molar-refractivity contribution in [2.24, 2.45) is 0 Å². The van der Waals surface area contributed by atoms with Crippen molar-refractivity contribution < 1.29 is 0 Å². The molecule has 0 saturated carbocycles. The molecule has 0 spiro atoms. The Morgan fingerprint density at radius 2 is 2.09 bits per heavy atom. The highest BCUT2D eigenvalue weighted by molar-refractivity contribution is 5.42. The molecule has 1 aromatic rings. The first kappa shape index (κ1) is 8.12. The Bertz CT molecular complexity index is 250. The molecule has 0 aromatic carbocycles. The van der Waals surface area contributed by atoms with Crippen LogP contribution < -0.4 is 0 Å². The predicted octanol–water partition coefficient (Wildman–Crippen LogP) is 2.89. The lowest BCUT2D eigenvalue weighted by molar-refractivity contribution is 0.396. The van der Waals surface area contributed by atoms with Crippen LogP contribution >= 0.6 is 0 Å². The van der Waals surface area contributed by atoms with E-state index in [1.165, 1.54) is 5.69 Å². The largest absolute Gasteiger partial charge is 0.343 e. The van der Waals surface area contributed by atoms with E-state index in [0.29, 0.717) is 0 Å². The lowest BCUT2D eigenvalue weighted by Gasteiger charge is -2.23. The van der Waals surface area contributed by atoms with Crippen LogP contribution in [0.3, 0.4) is 0 Å². The maximum atomic E-state index is 3.76. The molecule has 0 N–H and O–H groups in total. The van der Waals surface area contributed by atoms with E-state index in [1.807, 2.05) is 12.1 Å². The minimum atomic E-state index is 0.160. The first-order valence-corrected chi connectivity index (χ1v) is 3.86. The van der Waals surface area contributed by atoms with Crippen molar-refractivity contribution in [2.45, 2.75) is 26.3 Å². The number of rotatable bonds is 1. The van der Waals surface area contributed by atoms with Gasteiger partial charge in [-0.15, -0.1) is 0 Å². The fraction of sp³-hybridized carbons (Fsp3) is 0.400. The summed E-state index contributed by atoms with van der Waals surface area (Å²) in [6, 6.07) is 4.11. The molecule has 0 radical (unpaired) electrons. The highest BCUT2D eigenvalue weighted by Crippen LogP contribution is 2.17. The molecule has 0 aliphatic carbocycles. The van der Waals surface area contributed by atoms with Gasteiger partial charge in [0.2, 0.25) is 0 Å². The molecular formula is C10H15N. The van der Waals surface area contributed by atoms with Gasteiger partial charge in [0.25, 0.3) is 0 Å². The fourth-order valence-corrected chi connectivity index (χ4v) is 1.17. The van der Waals surface area contributed by atoms with E-state index in [-0.39, 0.29) is 5.54 Å². The smallest absolute Gasteiger partial charge is 0.0405 e. The molecule has 0 unspecified atom stereocenters. The van der Waals surface area contributed by atoms with Gasteiger partial charge >= 0.3 is 0 Å². The molecule has 0 atom stereocenters. The van der Waals surface area contributed by atoms with Gasteiger partial charge in [0.05, 0.1) is 0 Å². The lowest BCUT2D eigenvalue weighted by Crippen LogP contribution is -2.21.